The van der Waals surface area contributed by atoms with Gasteiger partial charge in [-0.25, -0.2) is 14.8 Å². The quantitative estimate of drug-likeness (QED) is 0.750. The fourth-order valence-corrected chi connectivity index (χ4v) is 3.22. The molecule has 1 aromatic heterocycles. The Hall–Kier alpha value is -2.96. The third-order valence-corrected chi connectivity index (χ3v) is 4.55. The number of hydrogen-bond acceptors (Lipinski definition) is 7. The number of aromatic nitrogens is 2. The summed E-state index contributed by atoms with van der Waals surface area (Å²) in [5.74, 6) is 0.0747. The van der Waals surface area contributed by atoms with Gasteiger partial charge in [-0.05, 0) is 19.8 Å². The lowest BCUT2D eigenvalue weighted by Crippen LogP contribution is -2.40. The van der Waals surface area contributed by atoms with E-state index in [0.29, 0.717) is 30.3 Å². The van der Waals surface area contributed by atoms with E-state index < -0.39 is 5.97 Å². The minimum Gasteiger partial charge on any atom is -0.469 e. The van der Waals surface area contributed by atoms with Crippen molar-refractivity contribution in [3.63, 3.8) is 0 Å². The van der Waals surface area contributed by atoms with E-state index >= 15 is 0 Å². The summed E-state index contributed by atoms with van der Waals surface area (Å²) in [6.45, 7) is 3.17. The molecule has 0 aliphatic carbocycles. The Labute approximate surface area is 158 Å². The maximum Gasteiger partial charge on any atom is 0.343 e. The lowest BCUT2D eigenvalue weighted by Gasteiger charge is -2.33. The van der Waals surface area contributed by atoms with Gasteiger partial charge in [0.15, 0.2) is 5.82 Å². The lowest BCUT2D eigenvalue weighted by molar-refractivity contribution is -0.145. The predicted octanol–water partition coefficient (Wildman–Crippen LogP) is 2.71. The summed E-state index contributed by atoms with van der Waals surface area (Å²) >= 11 is 0. The number of hydrogen-bond donors (Lipinski definition) is 0. The molecule has 3 rings (SSSR count). The molecule has 0 spiro atoms. The van der Waals surface area contributed by atoms with E-state index in [4.69, 9.17) is 9.47 Å². The first-order valence-corrected chi connectivity index (χ1v) is 9.06. The highest BCUT2D eigenvalue weighted by Gasteiger charge is 2.30. The number of anilines is 1. The standard InChI is InChI=1S/C20H23N3O4/c1-3-27-20(25)16-12-21-17(14-8-5-4-6-9-14)22-18(16)23-11-7-10-15(13-23)19(24)26-2/h4-6,8-9,12,15H,3,7,10-11,13H2,1-2H3. The molecule has 0 bridgehead atoms. The maximum atomic E-state index is 12.4. The average Bonchev–Trinajstić information content (AvgIpc) is 2.73. The second-order valence-corrected chi connectivity index (χ2v) is 6.33. The number of nitrogens with zero attached hydrogens (tertiary/aromatic N) is 3. The molecule has 7 heteroatoms. The van der Waals surface area contributed by atoms with Crippen LogP contribution in [0.4, 0.5) is 5.82 Å². The number of esters is 2. The first-order chi connectivity index (χ1) is 13.1. The van der Waals surface area contributed by atoms with E-state index in [0.717, 1.165) is 18.4 Å². The zero-order chi connectivity index (χ0) is 19.2. The minimum absolute atomic E-state index is 0.241. The van der Waals surface area contributed by atoms with E-state index in [1.807, 2.05) is 35.2 Å². The molecular weight excluding hydrogens is 346 g/mol. The minimum atomic E-state index is -0.465. The molecule has 2 heterocycles. The van der Waals surface area contributed by atoms with Crippen LogP contribution in [0, 0.1) is 5.92 Å². The third-order valence-electron chi connectivity index (χ3n) is 4.55. The van der Waals surface area contributed by atoms with Gasteiger partial charge in [-0.1, -0.05) is 30.3 Å². The van der Waals surface area contributed by atoms with Crippen molar-refractivity contribution in [1.82, 2.24) is 9.97 Å². The van der Waals surface area contributed by atoms with Crippen LogP contribution in [0.15, 0.2) is 36.5 Å². The van der Waals surface area contributed by atoms with E-state index in [1.54, 1.807) is 6.92 Å². The van der Waals surface area contributed by atoms with Crippen LogP contribution >= 0.6 is 0 Å². The number of carbonyl (C=O) groups excluding carboxylic acids is 2. The number of piperidine rings is 1. The normalized spacial score (nSPS) is 16.7. The Morgan fingerprint density at radius 2 is 2.04 bits per heavy atom. The van der Waals surface area contributed by atoms with Crippen LogP contribution < -0.4 is 4.90 Å². The lowest BCUT2D eigenvalue weighted by atomic mass is 9.98. The first-order valence-electron chi connectivity index (χ1n) is 9.06. The van der Waals surface area contributed by atoms with Crippen molar-refractivity contribution in [2.75, 3.05) is 31.7 Å². The molecular formula is C20H23N3O4. The molecule has 1 fully saturated rings. The van der Waals surface area contributed by atoms with Crippen molar-refractivity contribution >= 4 is 17.8 Å². The van der Waals surface area contributed by atoms with E-state index in [1.165, 1.54) is 13.3 Å². The van der Waals surface area contributed by atoms with Crippen molar-refractivity contribution in [2.45, 2.75) is 19.8 Å². The molecule has 0 N–H and O–H groups in total. The molecule has 7 nitrogen and oxygen atoms in total. The van der Waals surface area contributed by atoms with Gasteiger partial charge in [-0.2, -0.15) is 0 Å². The monoisotopic (exact) mass is 369 g/mol. The molecule has 142 valence electrons. The van der Waals surface area contributed by atoms with Crippen LogP contribution in [-0.4, -0.2) is 48.7 Å². The second-order valence-electron chi connectivity index (χ2n) is 6.33. The molecule has 27 heavy (non-hydrogen) atoms. The van der Waals surface area contributed by atoms with Crippen LogP contribution in [0.1, 0.15) is 30.1 Å². The molecule has 1 aromatic carbocycles. The third kappa shape index (κ3) is 4.24. The van der Waals surface area contributed by atoms with E-state index in [-0.39, 0.29) is 18.5 Å². The van der Waals surface area contributed by atoms with Gasteiger partial charge in [-0.3, -0.25) is 4.79 Å². The SMILES string of the molecule is CCOC(=O)c1cnc(-c2ccccc2)nc1N1CCCC(C(=O)OC)C1. The van der Waals surface area contributed by atoms with Crippen molar-refractivity contribution in [1.29, 1.82) is 0 Å². The highest BCUT2D eigenvalue weighted by molar-refractivity contribution is 5.95. The molecule has 1 aliphatic heterocycles. The Bertz CT molecular complexity index is 810. The Morgan fingerprint density at radius 3 is 2.74 bits per heavy atom. The Kier molecular flexibility index (Phi) is 6.01. The van der Waals surface area contributed by atoms with Crippen molar-refractivity contribution in [2.24, 2.45) is 5.92 Å². The highest BCUT2D eigenvalue weighted by atomic mass is 16.5. The summed E-state index contributed by atoms with van der Waals surface area (Å²) in [5.41, 5.74) is 1.16. The van der Waals surface area contributed by atoms with Gasteiger partial charge in [0.05, 0.1) is 19.6 Å². The number of ether oxygens (including phenoxy) is 2. The summed E-state index contributed by atoms with van der Waals surface area (Å²) in [6, 6.07) is 9.56. The van der Waals surface area contributed by atoms with Crippen molar-refractivity contribution in [3.05, 3.63) is 42.1 Å². The summed E-state index contributed by atoms with van der Waals surface area (Å²) in [7, 11) is 1.39. The van der Waals surface area contributed by atoms with Crippen molar-refractivity contribution < 1.29 is 19.1 Å². The fraction of sp³-hybridized carbons (Fsp3) is 0.400. The van der Waals surface area contributed by atoms with Crippen LogP contribution in [0.5, 0.6) is 0 Å². The van der Waals surface area contributed by atoms with Crippen LogP contribution in [-0.2, 0) is 14.3 Å². The van der Waals surface area contributed by atoms with E-state index in [2.05, 4.69) is 9.97 Å². The summed E-state index contributed by atoms with van der Waals surface area (Å²) in [4.78, 5) is 35.3. The summed E-state index contributed by atoms with van der Waals surface area (Å²) in [5, 5.41) is 0. The van der Waals surface area contributed by atoms with Gasteiger partial charge in [0, 0.05) is 24.8 Å². The fourth-order valence-electron chi connectivity index (χ4n) is 3.22. The predicted molar refractivity (Wildman–Crippen MR) is 100 cm³/mol. The number of methoxy groups -OCH3 is 1. The topological polar surface area (TPSA) is 81.6 Å². The van der Waals surface area contributed by atoms with Gasteiger partial charge in [-0.15, -0.1) is 0 Å². The first kappa shape index (κ1) is 18.8. The van der Waals surface area contributed by atoms with Crippen LogP contribution in [0.3, 0.4) is 0 Å². The second kappa shape index (κ2) is 8.62. The molecule has 2 aromatic rings. The highest BCUT2D eigenvalue weighted by Crippen LogP contribution is 2.28. The average molecular weight is 369 g/mol. The van der Waals surface area contributed by atoms with Gasteiger partial charge >= 0.3 is 11.9 Å². The summed E-state index contributed by atoms with van der Waals surface area (Å²) < 4.78 is 10.1. The molecule has 1 atom stereocenters. The van der Waals surface area contributed by atoms with Gasteiger partial charge in [0.1, 0.15) is 11.4 Å². The zero-order valence-corrected chi connectivity index (χ0v) is 15.6. The molecule has 0 amide bonds. The number of benzene rings is 1. The zero-order valence-electron chi connectivity index (χ0n) is 15.6. The Morgan fingerprint density at radius 1 is 1.26 bits per heavy atom. The molecule has 1 saturated heterocycles. The number of carbonyl (C=O) groups is 2. The molecule has 0 radical (unpaired) electrons. The van der Waals surface area contributed by atoms with Crippen molar-refractivity contribution in [3.8, 4) is 11.4 Å². The molecule has 1 aliphatic rings. The molecule has 1 unspecified atom stereocenters. The van der Waals surface area contributed by atoms with E-state index in [9.17, 15) is 9.59 Å². The summed E-state index contributed by atoms with van der Waals surface area (Å²) in [6.07, 6.45) is 3.08. The van der Waals surface area contributed by atoms with Crippen LogP contribution in [0.2, 0.25) is 0 Å². The maximum absolute atomic E-state index is 12.4. The van der Waals surface area contributed by atoms with Gasteiger partial charge in [0.2, 0.25) is 0 Å². The Balaban J connectivity index is 1.99. The number of rotatable bonds is 5. The largest absolute Gasteiger partial charge is 0.469 e. The van der Waals surface area contributed by atoms with Gasteiger partial charge in [0.25, 0.3) is 0 Å². The molecule has 0 saturated carbocycles. The van der Waals surface area contributed by atoms with Gasteiger partial charge < -0.3 is 14.4 Å². The smallest absolute Gasteiger partial charge is 0.343 e. The van der Waals surface area contributed by atoms with Crippen LogP contribution in [0.25, 0.3) is 11.4 Å².